The second-order valence-corrected chi connectivity index (χ2v) is 4.83. The largest absolute Gasteiger partial charge is 0.292 e. The molecular weight excluding hydrogens is 152 g/mol. The molecule has 0 aromatic rings. The van der Waals surface area contributed by atoms with E-state index >= 15 is 0 Å². The third kappa shape index (κ3) is 1.47. The zero-order valence-corrected chi connectivity index (χ0v) is 7.06. The lowest BCUT2D eigenvalue weighted by molar-refractivity contribution is 0.242. The Balaban J connectivity index is 2.70. The fraction of sp³-hybridized carbons (Fsp3) is 1.00. The van der Waals surface area contributed by atoms with Crippen molar-refractivity contribution < 1.29 is 8.42 Å². The van der Waals surface area contributed by atoms with Crippen LogP contribution in [0.3, 0.4) is 0 Å². The average molecular weight is 164 g/mol. The first-order valence-corrected chi connectivity index (χ1v) is 4.76. The molecule has 60 valence electrons. The highest BCUT2D eigenvalue weighted by Gasteiger charge is 2.24. The molecule has 0 saturated carbocycles. The lowest BCUT2D eigenvalue weighted by Crippen LogP contribution is -2.46. The van der Waals surface area contributed by atoms with E-state index in [4.69, 9.17) is 0 Å². The van der Waals surface area contributed by atoms with Gasteiger partial charge in [-0.2, -0.15) is 4.31 Å². The van der Waals surface area contributed by atoms with Gasteiger partial charge in [0.25, 0.3) is 0 Å². The van der Waals surface area contributed by atoms with E-state index in [0.29, 0.717) is 13.2 Å². The molecule has 5 heteroatoms. The molecule has 1 heterocycles. The lowest BCUT2D eigenvalue weighted by Gasteiger charge is -2.29. The molecule has 0 aliphatic carbocycles. The third-order valence-corrected chi connectivity index (χ3v) is 3.41. The predicted octanol–water partition coefficient (Wildman–Crippen LogP) is -0.849. The van der Waals surface area contributed by atoms with E-state index in [-0.39, 0.29) is 5.75 Å². The highest BCUT2D eigenvalue weighted by molar-refractivity contribution is 7.89. The SMILES string of the molecule is CN1CCS(=O)(=O)N(C)C1. The number of rotatable bonds is 0. The van der Waals surface area contributed by atoms with Crippen LogP contribution in [0.4, 0.5) is 0 Å². The van der Waals surface area contributed by atoms with Gasteiger partial charge in [-0.3, -0.25) is 4.90 Å². The minimum absolute atomic E-state index is 0.250. The molecule has 1 aliphatic rings. The second-order valence-electron chi connectivity index (χ2n) is 2.64. The number of nitrogens with zero attached hydrogens (tertiary/aromatic N) is 2. The van der Waals surface area contributed by atoms with Gasteiger partial charge in [0.1, 0.15) is 0 Å². The van der Waals surface area contributed by atoms with E-state index in [1.165, 1.54) is 4.31 Å². The van der Waals surface area contributed by atoms with E-state index < -0.39 is 10.0 Å². The van der Waals surface area contributed by atoms with Crippen molar-refractivity contribution in [1.29, 1.82) is 0 Å². The van der Waals surface area contributed by atoms with Crippen molar-refractivity contribution in [3.05, 3.63) is 0 Å². The second kappa shape index (κ2) is 2.48. The molecule has 1 rings (SSSR count). The normalized spacial score (nSPS) is 28.6. The Kier molecular flexibility index (Phi) is 1.98. The highest BCUT2D eigenvalue weighted by atomic mass is 32.2. The van der Waals surface area contributed by atoms with Crippen LogP contribution in [-0.4, -0.2) is 50.7 Å². The molecule has 0 bridgehead atoms. The first-order valence-electron chi connectivity index (χ1n) is 3.15. The van der Waals surface area contributed by atoms with Gasteiger partial charge < -0.3 is 0 Å². The van der Waals surface area contributed by atoms with Crippen LogP contribution in [0.5, 0.6) is 0 Å². The maximum Gasteiger partial charge on any atom is 0.216 e. The average Bonchev–Trinajstić information content (AvgIpc) is 1.81. The summed E-state index contributed by atoms with van der Waals surface area (Å²) in [5.41, 5.74) is 0. The smallest absolute Gasteiger partial charge is 0.216 e. The minimum atomic E-state index is -2.90. The molecule has 1 aliphatic heterocycles. The first kappa shape index (κ1) is 7.97. The van der Waals surface area contributed by atoms with Crippen LogP contribution in [0.1, 0.15) is 0 Å². The van der Waals surface area contributed by atoms with Gasteiger partial charge in [0, 0.05) is 13.6 Å². The van der Waals surface area contributed by atoms with Crippen LogP contribution in [0.25, 0.3) is 0 Å². The van der Waals surface area contributed by atoms with Crippen molar-refractivity contribution in [2.24, 2.45) is 0 Å². The van der Waals surface area contributed by atoms with Gasteiger partial charge in [-0.05, 0) is 7.05 Å². The molecule has 0 amide bonds. The zero-order valence-electron chi connectivity index (χ0n) is 6.24. The van der Waals surface area contributed by atoms with Crippen molar-refractivity contribution in [3.63, 3.8) is 0 Å². The number of hydrogen-bond donors (Lipinski definition) is 0. The molecule has 1 saturated heterocycles. The summed E-state index contributed by atoms with van der Waals surface area (Å²) >= 11 is 0. The Bertz CT molecular complexity index is 212. The molecule has 0 spiro atoms. The van der Waals surface area contributed by atoms with E-state index in [9.17, 15) is 8.42 Å². The first-order chi connectivity index (χ1) is 4.52. The lowest BCUT2D eigenvalue weighted by atomic mass is 10.6. The maximum atomic E-state index is 11.0. The molecular formula is C5H12N2O2S. The molecule has 1 fully saturated rings. The van der Waals surface area contributed by atoms with Crippen molar-refractivity contribution >= 4 is 10.0 Å². The number of hydrogen-bond acceptors (Lipinski definition) is 3. The Morgan fingerprint density at radius 3 is 2.30 bits per heavy atom. The third-order valence-electron chi connectivity index (χ3n) is 1.65. The molecule has 0 unspecified atom stereocenters. The summed E-state index contributed by atoms with van der Waals surface area (Å²) < 4.78 is 23.4. The van der Waals surface area contributed by atoms with Gasteiger partial charge in [-0.1, -0.05) is 0 Å². The van der Waals surface area contributed by atoms with Crippen LogP contribution >= 0.6 is 0 Å². The van der Waals surface area contributed by atoms with Crippen molar-refractivity contribution in [3.8, 4) is 0 Å². The summed E-state index contributed by atoms with van der Waals surface area (Å²) in [5.74, 6) is 0.250. The van der Waals surface area contributed by atoms with Crippen molar-refractivity contribution in [1.82, 2.24) is 9.21 Å². The Morgan fingerprint density at radius 1 is 1.30 bits per heavy atom. The maximum absolute atomic E-state index is 11.0. The van der Waals surface area contributed by atoms with Crippen LogP contribution in [0.15, 0.2) is 0 Å². The van der Waals surface area contributed by atoms with Crippen LogP contribution in [-0.2, 0) is 10.0 Å². The number of sulfonamides is 1. The Morgan fingerprint density at radius 2 is 1.90 bits per heavy atom. The van der Waals surface area contributed by atoms with Crippen LogP contribution in [0.2, 0.25) is 0 Å². The van der Waals surface area contributed by atoms with Gasteiger partial charge in [0.15, 0.2) is 0 Å². The Hall–Kier alpha value is -0.130. The molecule has 0 aromatic carbocycles. The molecule has 4 nitrogen and oxygen atoms in total. The quantitative estimate of drug-likeness (QED) is 0.468. The minimum Gasteiger partial charge on any atom is -0.292 e. The summed E-state index contributed by atoms with van der Waals surface area (Å²) in [7, 11) is 0.607. The van der Waals surface area contributed by atoms with Gasteiger partial charge in [-0.15, -0.1) is 0 Å². The summed E-state index contributed by atoms with van der Waals surface area (Å²) in [5, 5.41) is 0. The van der Waals surface area contributed by atoms with E-state index in [0.717, 1.165) is 0 Å². The summed E-state index contributed by atoms with van der Waals surface area (Å²) in [6.07, 6.45) is 0. The topological polar surface area (TPSA) is 40.6 Å². The van der Waals surface area contributed by atoms with Gasteiger partial charge in [-0.25, -0.2) is 8.42 Å². The van der Waals surface area contributed by atoms with Gasteiger partial charge in [0.05, 0.1) is 12.4 Å². The van der Waals surface area contributed by atoms with Crippen molar-refractivity contribution in [2.45, 2.75) is 0 Å². The zero-order chi connectivity index (χ0) is 7.78. The molecule has 10 heavy (non-hydrogen) atoms. The van der Waals surface area contributed by atoms with E-state index in [1.54, 1.807) is 7.05 Å². The summed E-state index contributed by atoms with van der Waals surface area (Å²) in [6.45, 7) is 1.16. The fourth-order valence-corrected chi connectivity index (χ4v) is 2.15. The van der Waals surface area contributed by atoms with Crippen molar-refractivity contribution in [2.75, 3.05) is 33.1 Å². The molecule has 0 aromatic heterocycles. The molecule has 0 N–H and O–H groups in total. The fourth-order valence-electron chi connectivity index (χ4n) is 0.926. The van der Waals surface area contributed by atoms with Gasteiger partial charge >= 0.3 is 0 Å². The van der Waals surface area contributed by atoms with E-state index in [2.05, 4.69) is 0 Å². The predicted molar refractivity (Wildman–Crippen MR) is 39.0 cm³/mol. The van der Waals surface area contributed by atoms with E-state index in [1.807, 2.05) is 11.9 Å². The highest BCUT2D eigenvalue weighted by Crippen LogP contribution is 2.05. The van der Waals surface area contributed by atoms with Crippen LogP contribution in [0, 0.1) is 0 Å². The van der Waals surface area contributed by atoms with Crippen LogP contribution < -0.4 is 0 Å². The molecule has 0 atom stereocenters. The monoisotopic (exact) mass is 164 g/mol. The van der Waals surface area contributed by atoms with Gasteiger partial charge in [0.2, 0.25) is 10.0 Å². The standard InChI is InChI=1S/C5H12N2O2S/c1-6-3-4-10(8,9)7(2)5-6/h3-5H2,1-2H3. The summed E-state index contributed by atoms with van der Waals surface area (Å²) in [6, 6.07) is 0. The molecule has 0 radical (unpaired) electrons. The Labute approximate surface area is 61.5 Å². The summed E-state index contributed by atoms with van der Waals surface area (Å²) in [4.78, 5) is 1.97.